The first-order chi connectivity index (χ1) is 14.2. The minimum atomic E-state index is -1.45. The average Bonchev–Trinajstić information content (AvgIpc) is 3.26. The summed E-state index contributed by atoms with van der Waals surface area (Å²) >= 11 is 0. The molecule has 2 aliphatic carbocycles. The van der Waals surface area contributed by atoms with Crippen LogP contribution in [0.2, 0.25) is 0 Å². The minimum absolute atomic E-state index is 0.0705. The molecule has 8 nitrogen and oxygen atoms in total. The second-order valence-electron chi connectivity index (χ2n) is 8.76. The number of ether oxygens (including phenoxy) is 1. The fraction of sp³-hybridized carbons (Fsp3) is 0.364. The van der Waals surface area contributed by atoms with Crippen LogP contribution in [0.25, 0.3) is 11.3 Å². The summed E-state index contributed by atoms with van der Waals surface area (Å²) in [4.78, 5) is 45.4. The van der Waals surface area contributed by atoms with E-state index < -0.39 is 17.3 Å². The van der Waals surface area contributed by atoms with Gasteiger partial charge in [-0.3, -0.25) is 14.4 Å². The standard InChI is InChI=1S/C22H21N3O5/c1-21(2)8-13-16(14(26)9-21)22(19(28)25(13)10-15(27)29-3)12-7-5-4-6-11(12)17-18(22)24-20(23)30-17/h4-7H,8-10H2,1-3H3,(H2,23,24)/t22-/m1/s1. The zero-order valence-electron chi connectivity index (χ0n) is 16.9. The average molecular weight is 407 g/mol. The van der Waals surface area contributed by atoms with Gasteiger partial charge in [0.05, 0.1) is 7.11 Å². The molecule has 1 amide bonds. The van der Waals surface area contributed by atoms with Crippen LogP contribution >= 0.6 is 0 Å². The van der Waals surface area contributed by atoms with Crippen molar-refractivity contribution in [3.05, 3.63) is 46.8 Å². The number of hydrogen-bond acceptors (Lipinski definition) is 7. The van der Waals surface area contributed by atoms with Crippen molar-refractivity contribution in [2.45, 2.75) is 32.1 Å². The van der Waals surface area contributed by atoms with E-state index in [1.54, 1.807) is 6.07 Å². The van der Waals surface area contributed by atoms with Crippen LogP contribution in [-0.4, -0.2) is 41.2 Å². The lowest BCUT2D eigenvalue weighted by Gasteiger charge is -2.33. The largest absolute Gasteiger partial charge is 0.468 e. The maximum atomic E-state index is 14.0. The molecule has 0 saturated heterocycles. The van der Waals surface area contributed by atoms with Crippen molar-refractivity contribution < 1.29 is 23.5 Å². The number of nitrogen functional groups attached to an aromatic ring is 1. The minimum Gasteiger partial charge on any atom is -0.468 e. The quantitative estimate of drug-likeness (QED) is 0.759. The maximum absolute atomic E-state index is 14.0. The van der Waals surface area contributed by atoms with Crippen LogP contribution < -0.4 is 5.73 Å². The number of hydrogen-bond donors (Lipinski definition) is 1. The molecule has 0 radical (unpaired) electrons. The van der Waals surface area contributed by atoms with Gasteiger partial charge < -0.3 is 19.8 Å². The number of methoxy groups -OCH3 is 1. The van der Waals surface area contributed by atoms with Crippen LogP contribution in [0.15, 0.2) is 40.0 Å². The van der Waals surface area contributed by atoms with E-state index in [1.807, 2.05) is 32.0 Å². The zero-order valence-corrected chi connectivity index (χ0v) is 16.9. The summed E-state index contributed by atoms with van der Waals surface area (Å²) in [6.45, 7) is 3.68. The van der Waals surface area contributed by atoms with E-state index in [0.717, 1.165) is 0 Å². The number of fused-ring (bicyclic) bond motifs is 6. The van der Waals surface area contributed by atoms with Gasteiger partial charge in [0.25, 0.3) is 6.01 Å². The zero-order chi connectivity index (χ0) is 21.4. The number of rotatable bonds is 2. The van der Waals surface area contributed by atoms with Crippen LogP contribution in [0.1, 0.15) is 37.9 Å². The number of esters is 1. The van der Waals surface area contributed by atoms with Gasteiger partial charge >= 0.3 is 5.97 Å². The van der Waals surface area contributed by atoms with Crippen molar-refractivity contribution in [3.63, 3.8) is 0 Å². The lowest BCUT2D eigenvalue weighted by Crippen LogP contribution is -2.43. The van der Waals surface area contributed by atoms with Gasteiger partial charge in [-0.1, -0.05) is 38.1 Å². The summed E-state index contributed by atoms with van der Waals surface area (Å²) in [7, 11) is 1.27. The Labute approximate surface area is 172 Å². The van der Waals surface area contributed by atoms with Crippen molar-refractivity contribution in [2.75, 3.05) is 19.4 Å². The molecule has 0 saturated carbocycles. The molecule has 1 aliphatic heterocycles. The fourth-order valence-corrected chi connectivity index (χ4v) is 5.12. The van der Waals surface area contributed by atoms with E-state index in [4.69, 9.17) is 14.9 Å². The highest BCUT2D eigenvalue weighted by molar-refractivity contribution is 6.17. The maximum Gasteiger partial charge on any atom is 0.325 e. The Bertz CT molecular complexity index is 1180. The molecule has 1 aromatic heterocycles. The van der Waals surface area contributed by atoms with Crippen molar-refractivity contribution in [1.82, 2.24) is 9.88 Å². The molecule has 0 unspecified atom stereocenters. The van der Waals surface area contributed by atoms with Crippen LogP contribution in [0.5, 0.6) is 0 Å². The van der Waals surface area contributed by atoms with E-state index in [-0.39, 0.29) is 30.2 Å². The third-order valence-electron chi connectivity index (χ3n) is 6.21. The topological polar surface area (TPSA) is 116 Å². The monoisotopic (exact) mass is 407 g/mol. The molecule has 0 fully saturated rings. The molecule has 2 heterocycles. The van der Waals surface area contributed by atoms with Crippen molar-refractivity contribution >= 4 is 23.7 Å². The Morgan fingerprint density at radius 3 is 2.73 bits per heavy atom. The van der Waals surface area contributed by atoms with E-state index in [1.165, 1.54) is 12.0 Å². The second kappa shape index (κ2) is 5.81. The third kappa shape index (κ3) is 2.16. The summed E-state index contributed by atoms with van der Waals surface area (Å²) in [6, 6.07) is 7.19. The number of allylic oxidation sites excluding steroid dienone is 1. The molecule has 1 aromatic carbocycles. The van der Waals surface area contributed by atoms with E-state index in [0.29, 0.717) is 40.3 Å². The molecule has 1 atom stereocenters. The smallest absolute Gasteiger partial charge is 0.325 e. The first-order valence-electron chi connectivity index (χ1n) is 9.73. The molecule has 8 heteroatoms. The number of oxazole rings is 1. The van der Waals surface area contributed by atoms with Crippen molar-refractivity contribution in [1.29, 1.82) is 0 Å². The van der Waals surface area contributed by atoms with Gasteiger partial charge in [0.1, 0.15) is 12.2 Å². The first-order valence-corrected chi connectivity index (χ1v) is 9.73. The Morgan fingerprint density at radius 2 is 2.00 bits per heavy atom. The number of nitrogens with zero attached hydrogens (tertiary/aromatic N) is 2. The fourth-order valence-electron chi connectivity index (χ4n) is 5.12. The molecule has 2 N–H and O–H groups in total. The SMILES string of the molecule is COC(=O)CN1C(=O)[C@@]2(C3=C1CC(C)(C)CC3=O)c1ccccc1-c1oc(N)nc12. The number of ketones is 1. The lowest BCUT2D eigenvalue weighted by molar-refractivity contribution is -0.146. The molecule has 1 spiro atoms. The molecular weight excluding hydrogens is 386 g/mol. The summed E-state index contributed by atoms with van der Waals surface area (Å²) < 4.78 is 10.5. The van der Waals surface area contributed by atoms with E-state index in [9.17, 15) is 14.4 Å². The predicted octanol–water partition coefficient (Wildman–Crippen LogP) is 2.18. The summed E-state index contributed by atoms with van der Waals surface area (Å²) in [5.74, 6) is -0.704. The molecule has 5 rings (SSSR count). The number of anilines is 1. The van der Waals surface area contributed by atoms with Gasteiger partial charge in [-0.05, 0) is 17.4 Å². The predicted molar refractivity (Wildman–Crippen MR) is 106 cm³/mol. The number of nitrogens with two attached hydrogens (primary N) is 1. The Hall–Kier alpha value is -3.42. The number of benzene rings is 1. The van der Waals surface area contributed by atoms with Gasteiger partial charge in [-0.2, -0.15) is 4.98 Å². The molecule has 154 valence electrons. The van der Waals surface area contributed by atoms with Crippen molar-refractivity contribution in [2.24, 2.45) is 5.41 Å². The van der Waals surface area contributed by atoms with Crippen LogP contribution in [-0.2, 0) is 24.5 Å². The number of carbonyl (C=O) groups is 3. The summed E-state index contributed by atoms with van der Waals surface area (Å²) in [5, 5.41) is 0. The van der Waals surface area contributed by atoms with Gasteiger partial charge in [0.2, 0.25) is 5.91 Å². The number of aromatic nitrogens is 1. The normalized spacial score (nSPS) is 23.6. The summed E-state index contributed by atoms with van der Waals surface area (Å²) in [5.41, 5.74) is 6.59. The Balaban J connectivity index is 1.84. The molecule has 30 heavy (non-hydrogen) atoms. The lowest BCUT2D eigenvalue weighted by atomic mass is 9.67. The van der Waals surface area contributed by atoms with E-state index in [2.05, 4.69) is 4.98 Å². The highest BCUT2D eigenvalue weighted by Gasteiger charge is 2.65. The molecule has 2 aromatic rings. The highest BCUT2D eigenvalue weighted by atomic mass is 16.5. The Kier molecular flexibility index (Phi) is 3.60. The Morgan fingerprint density at radius 1 is 1.27 bits per heavy atom. The van der Waals surface area contributed by atoms with Gasteiger partial charge in [0, 0.05) is 23.3 Å². The second-order valence-corrected chi connectivity index (χ2v) is 8.76. The van der Waals surface area contributed by atoms with Crippen LogP contribution in [0, 0.1) is 5.41 Å². The number of amides is 1. The third-order valence-corrected chi connectivity index (χ3v) is 6.21. The van der Waals surface area contributed by atoms with Gasteiger partial charge in [0.15, 0.2) is 17.0 Å². The highest BCUT2D eigenvalue weighted by Crippen LogP contribution is 2.60. The van der Waals surface area contributed by atoms with Crippen LogP contribution in [0.3, 0.4) is 0 Å². The first kappa shape index (κ1) is 18.6. The van der Waals surface area contributed by atoms with E-state index >= 15 is 0 Å². The molecular formula is C22H21N3O5. The van der Waals surface area contributed by atoms with Gasteiger partial charge in [-0.15, -0.1) is 0 Å². The summed E-state index contributed by atoms with van der Waals surface area (Å²) in [6.07, 6.45) is 0.765. The number of carbonyl (C=O) groups excluding carboxylic acids is 3. The molecule has 0 bridgehead atoms. The van der Waals surface area contributed by atoms with Gasteiger partial charge in [-0.25, -0.2) is 0 Å². The van der Waals surface area contributed by atoms with Crippen molar-refractivity contribution in [3.8, 4) is 11.3 Å². The molecule has 3 aliphatic rings. The van der Waals surface area contributed by atoms with Crippen LogP contribution in [0.4, 0.5) is 6.01 Å². The number of Topliss-reactive ketones (excluding diaryl/α,β-unsaturated/α-hetero) is 1.